The highest BCUT2D eigenvalue weighted by Gasteiger charge is 2.00. The van der Waals surface area contributed by atoms with Crippen LogP contribution in [0.2, 0.25) is 0 Å². The predicted molar refractivity (Wildman–Crippen MR) is 43.5 cm³/mol. The van der Waals surface area contributed by atoms with Crippen molar-refractivity contribution in [2.75, 3.05) is 11.9 Å². The van der Waals surface area contributed by atoms with E-state index in [-0.39, 0.29) is 0 Å². The maximum atomic E-state index is 4.96. The van der Waals surface area contributed by atoms with Crippen LogP contribution in [0.15, 0.2) is 4.42 Å². The molecule has 0 saturated carbocycles. The topological polar surface area (TPSA) is 38.1 Å². The van der Waals surface area contributed by atoms with E-state index < -0.39 is 0 Å². The molecule has 0 bridgehead atoms. The number of hydrogen-bond donors (Lipinski definition) is 1. The van der Waals surface area contributed by atoms with Gasteiger partial charge in [0.1, 0.15) is 5.69 Å². The van der Waals surface area contributed by atoms with E-state index in [1.807, 2.05) is 6.92 Å². The van der Waals surface area contributed by atoms with Gasteiger partial charge in [-0.15, -0.1) is 0 Å². The van der Waals surface area contributed by atoms with Crippen molar-refractivity contribution < 1.29 is 4.42 Å². The van der Waals surface area contributed by atoms with Crippen LogP contribution >= 0.6 is 0 Å². The zero-order valence-corrected chi connectivity index (χ0v) is 6.98. The van der Waals surface area contributed by atoms with Crippen molar-refractivity contribution in [1.82, 2.24) is 4.98 Å². The molecule has 1 rings (SSSR count). The Morgan fingerprint density at radius 3 is 3.00 bits per heavy atom. The third kappa shape index (κ3) is 2.26. The van der Waals surface area contributed by atoms with E-state index in [9.17, 15) is 0 Å². The van der Waals surface area contributed by atoms with Crippen molar-refractivity contribution in [2.24, 2.45) is 0 Å². The summed E-state index contributed by atoms with van der Waals surface area (Å²) >= 11 is 0. The Hall–Kier alpha value is -0.990. The Balaban J connectivity index is 2.32. The maximum Gasteiger partial charge on any atom is 0.285 e. The van der Waals surface area contributed by atoms with Crippen molar-refractivity contribution in [3.8, 4) is 0 Å². The Morgan fingerprint density at radius 1 is 1.64 bits per heavy atom. The molecule has 1 aromatic rings. The lowest BCUT2D eigenvalue weighted by atomic mass is 10.3. The Morgan fingerprint density at radius 2 is 2.45 bits per heavy atom. The van der Waals surface area contributed by atoms with Gasteiger partial charge in [-0.2, -0.15) is 0 Å². The minimum absolute atomic E-state index is 0.749. The number of oxazole rings is 1. The molecule has 0 spiro atoms. The van der Waals surface area contributed by atoms with Crippen LogP contribution in [-0.4, -0.2) is 11.5 Å². The molecule has 3 nitrogen and oxygen atoms in total. The second kappa shape index (κ2) is 4.01. The van der Waals surface area contributed by atoms with Crippen LogP contribution in [0.4, 0.5) is 5.88 Å². The monoisotopic (exact) mass is 153 g/mol. The Kier molecular flexibility index (Phi) is 2.95. The number of aryl methyl sites for hydroxylation is 1. The van der Waals surface area contributed by atoms with Gasteiger partial charge in [0.25, 0.3) is 6.39 Å². The van der Waals surface area contributed by atoms with Gasteiger partial charge < -0.3 is 9.73 Å². The van der Waals surface area contributed by atoms with Crippen LogP contribution in [0.3, 0.4) is 0 Å². The normalized spacial score (nSPS) is 10.0. The Bertz CT molecular complexity index is 208. The molecule has 61 valence electrons. The lowest BCUT2D eigenvalue weighted by molar-refractivity contribution is 0.557. The number of nitrogens with one attached hydrogen (secondary N) is 1. The molecule has 0 aliphatic carbocycles. The quantitative estimate of drug-likeness (QED) is 0.672. The van der Waals surface area contributed by atoms with Crippen LogP contribution in [0.1, 0.15) is 25.5 Å². The standard InChI is InChI=1S/C8H13N2O/c1-3-4-5-9-8-7(2)10-6-11-8/h9H,3-5H2,1-2H3. The fraction of sp³-hybridized carbons (Fsp3) is 0.625. The molecule has 0 saturated heterocycles. The lowest BCUT2D eigenvalue weighted by Gasteiger charge is -1.99. The van der Waals surface area contributed by atoms with Crippen LogP contribution in [-0.2, 0) is 0 Å². The van der Waals surface area contributed by atoms with E-state index in [2.05, 4.69) is 23.6 Å². The summed E-state index contributed by atoms with van der Waals surface area (Å²) in [6, 6.07) is 0. The van der Waals surface area contributed by atoms with E-state index in [0.717, 1.165) is 24.5 Å². The first kappa shape index (κ1) is 8.11. The zero-order valence-electron chi connectivity index (χ0n) is 6.98. The third-order valence-electron chi connectivity index (χ3n) is 1.51. The van der Waals surface area contributed by atoms with E-state index >= 15 is 0 Å². The average molecular weight is 153 g/mol. The summed E-state index contributed by atoms with van der Waals surface area (Å²) < 4.78 is 4.96. The molecule has 0 amide bonds. The summed E-state index contributed by atoms with van der Waals surface area (Å²) in [7, 11) is 0. The van der Waals surface area contributed by atoms with Crippen molar-refractivity contribution in [3.05, 3.63) is 12.1 Å². The number of aromatic nitrogens is 1. The van der Waals surface area contributed by atoms with Crippen molar-refractivity contribution in [2.45, 2.75) is 26.7 Å². The molecule has 0 aliphatic heterocycles. The van der Waals surface area contributed by atoms with Crippen LogP contribution < -0.4 is 5.32 Å². The second-order valence-corrected chi connectivity index (χ2v) is 2.50. The van der Waals surface area contributed by atoms with Gasteiger partial charge in [0.05, 0.1) is 0 Å². The van der Waals surface area contributed by atoms with Gasteiger partial charge in [0.2, 0.25) is 5.88 Å². The molecule has 1 N–H and O–H groups in total. The summed E-state index contributed by atoms with van der Waals surface area (Å²) in [5.74, 6) is 0.749. The van der Waals surface area contributed by atoms with E-state index in [1.54, 1.807) is 0 Å². The first-order chi connectivity index (χ1) is 5.34. The fourth-order valence-electron chi connectivity index (χ4n) is 0.804. The molecular formula is C8H13N2O. The first-order valence-corrected chi connectivity index (χ1v) is 3.92. The third-order valence-corrected chi connectivity index (χ3v) is 1.51. The van der Waals surface area contributed by atoms with Gasteiger partial charge in [0, 0.05) is 6.54 Å². The minimum Gasteiger partial charge on any atom is -0.416 e. The van der Waals surface area contributed by atoms with Gasteiger partial charge in [-0.05, 0) is 13.3 Å². The molecule has 3 heteroatoms. The lowest BCUT2D eigenvalue weighted by Crippen LogP contribution is -2.00. The minimum atomic E-state index is 0.749. The highest BCUT2D eigenvalue weighted by Crippen LogP contribution is 2.10. The highest BCUT2D eigenvalue weighted by molar-refractivity contribution is 5.34. The summed E-state index contributed by atoms with van der Waals surface area (Å²) in [4.78, 5) is 3.84. The second-order valence-electron chi connectivity index (χ2n) is 2.50. The summed E-state index contributed by atoms with van der Waals surface area (Å²) in [5.41, 5.74) is 0.876. The van der Waals surface area contributed by atoms with Crippen LogP contribution in [0, 0.1) is 13.3 Å². The molecule has 0 aromatic carbocycles. The molecule has 0 fully saturated rings. The summed E-state index contributed by atoms with van der Waals surface area (Å²) in [6.45, 7) is 5.00. The SMILES string of the molecule is CCCCNc1o[c]nc1C. The van der Waals surface area contributed by atoms with Crippen LogP contribution in [0.25, 0.3) is 0 Å². The zero-order chi connectivity index (χ0) is 8.10. The molecular weight excluding hydrogens is 140 g/mol. The molecule has 0 unspecified atom stereocenters. The molecule has 0 atom stereocenters. The number of nitrogens with zero attached hydrogens (tertiary/aromatic N) is 1. The first-order valence-electron chi connectivity index (χ1n) is 3.92. The van der Waals surface area contributed by atoms with Crippen molar-refractivity contribution >= 4 is 5.88 Å². The summed E-state index contributed by atoms with van der Waals surface area (Å²) in [5, 5.41) is 3.13. The maximum absolute atomic E-state index is 4.96. The molecule has 1 aromatic heterocycles. The average Bonchev–Trinajstić information content (AvgIpc) is 2.37. The number of unbranched alkanes of at least 4 members (excludes halogenated alkanes) is 1. The largest absolute Gasteiger partial charge is 0.416 e. The van der Waals surface area contributed by atoms with Crippen molar-refractivity contribution in [3.63, 3.8) is 0 Å². The number of hydrogen-bond acceptors (Lipinski definition) is 3. The molecule has 11 heavy (non-hydrogen) atoms. The molecule has 0 aliphatic rings. The molecule has 1 radical (unpaired) electrons. The van der Waals surface area contributed by atoms with Gasteiger partial charge in [0.15, 0.2) is 0 Å². The smallest absolute Gasteiger partial charge is 0.285 e. The van der Waals surface area contributed by atoms with Gasteiger partial charge in [-0.1, -0.05) is 13.3 Å². The van der Waals surface area contributed by atoms with E-state index in [4.69, 9.17) is 4.42 Å². The number of rotatable bonds is 4. The highest BCUT2D eigenvalue weighted by atomic mass is 16.4. The van der Waals surface area contributed by atoms with E-state index in [1.165, 1.54) is 6.42 Å². The molecule has 1 heterocycles. The Labute approximate surface area is 66.8 Å². The number of anilines is 1. The van der Waals surface area contributed by atoms with Crippen LogP contribution in [0.5, 0.6) is 0 Å². The summed E-state index contributed by atoms with van der Waals surface area (Å²) in [6.07, 6.45) is 4.77. The van der Waals surface area contributed by atoms with Gasteiger partial charge in [-0.3, -0.25) is 0 Å². The fourth-order valence-corrected chi connectivity index (χ4v) is 0.804. The van der Waals surface area contributed by atoms with Gasteiger partial charge >= 0.3 is 0 Å². The van der Waals surface area contributed by atoms with E-state index in [0.29, 0.717) is 0 Å². The van der Waals surface area contributed by atoms with Gasteiger partial charge in [-0.25, -0.2) is 4.98 Å². The van der Waals surface area contributed by atoms with Crippen molar-refractivity contribution in [1.29, 1.82) is 0 Å². The predicted octanol–water partition coefficient (Wildman–Crippen LogP) is 2.00.